The third kappa shape index (κ3) is 2.31. The summed E-state index contributed by atoms with van der Waals surface area (Å²) in [6.07, 6.45) is -0.195. The molecule has 1 saturated heterocycles. The molecule has 7 heteroatoms. The number of hydrogen-bond acceptors (Lipinski definition) is 6. The fourth-order valence-corrected chi connectivity index (χ4v) is 2.06. The monoisotopic (exact) mass is 241 g/mol. The normalized spacial score (nSPS) is 26.0. The molecule has 94 valence electrons. The van der Waals surface area contributed by atoms with Gasteiger partial charge in [0.1, 0.15) is 10.7 Å². The highest BCUT2D eigenvalue weighted by Crippen LogP contribution is 2.31. The number of rotatable bonds is 3. The Kier molecular flexibility index (Phi) is 3.41. The van der Waals surface area contributed by atoms with Crippen molar-refractivity contribution in [2.45, 2.75) is 12.1 Å². The molecule has 2 rings (SSSR count). The largest absolute Gasteiger partial charge is 0.433 e. The van der Waals surface area contributed by atoms with Crippen molar-refractivity contribution < 1.29 is 14.1 Å². The van der Waals surface area contributed by atoms with Crippen molar-refractivity contribution in [3.8, 4) is 0 Å². The molecule has 1 aliphatic heterocycles. The molecule has 0 radical (unpaired) electrons. The summed E-state index contributed by atoms with van der Waals surface area (Å²) in [6, 6.07) is 2.80. The number of furan rings is 1. The van der Waals surface area contributed by atoms with Crippen LogP contribution in [0, 0.1) is 10.1 Å². The summed E-state index contributed by atoms with van der Waals surface area (Å²) in [5, 5.41) is 10.6. The SMILES string of the molecule is CN1CCOC(CN)C1c1ccc([N+](=O)[O-])o1. The molecule has 0 bridgehead atoms. The van der Waals surface area contributed by atoms with Crippen molar-refractivity contribution in [1.29, 1.82) is 0 Å². The van der Waals surface area contributed by atoms with Crippen LogP contribution in [0.3, 0.4) is 0 Å². The Bertz CT molecular complexity index is 406. The van der Waals surface area contributed by atoms with E-state index in [0.29, 0.717) is 18.9 Å². The van der Waals surface area contributed by atoms with Gasteiger partial charge in [-0.15, -0.1) is 0 Å². The molecule has 7 nitrogen and oxygen atoms in total. The third-order valence-electron chi connectivity index (χ3n) is 2.92. The molecule has 1 aromatic heterocycles. The highest BCUT2D eigenvalue weighted by atomic mass is 16.6. The average Bonchev–Trinajstić information content (AvgIpc) is 2.77. The van der Waals surface area contributed by atoms with Gasteiger partial charge in [-0.2, -0.15) is 0 Å². The minimum atomic E-state index is -0.551. The van der Waals surface area contributed by atoms with Crippen LogP contribution in [0.1, 0.15) is 11.8 Å². The molecule has 1 aliphatic rings. The van der Waals surface area contributed by atoms with Crippen LogP contribution in [0.2, 0.25) is 0 Å². The third-order valence-corrected chi connectivity index (χ3v) is 2.92. The smallest absolute Gasteiger partial charge is 0.404 e. The molecule has 2 atom stereocenters. The molecule has 0 saturated carbocycles. The van der Waals surface area contributed by atoms with Crippen LogP contribution in [0.25, 0.3) is 0 Å². The summed E-state index contributed by atoms with van der Waals surface area (Å²) < 4.78 is 10.7. The number of hydrogen-bond donors (Lipinski definition) is 1. The minimum absolute atomic E-state index is 0.164. The van der Waals surface area contributed by atoms with Crippen LogP contribution < -0.4 is 5.73 Å². The van der Waals surface area contributed by atoms with Crippen LogP contribution in [0.4, 0.5) is 5.88 Å². The van der Waals surface area contributed by atoms with Crippen molar-refractivity contribution in [2.75, 3.05) is 26.7 Å². The van der Waals surface area contributed by atoms with E-state index in [4.69, 9.17) is 14.9 Å². The van der Waals surface area contributed by atoms with Crippen LogP contribution in [-0.2, 0) is 4.74 Å². The van der Waals surface area contributed by atoms with Gasteiger partial charge in [-0.25, -0.2) is 0 Å². The molecule has 2 heterocycles. The van der Waals surface area contributed by atoms with E-state index < -0.39 is 4.92 Å². The maximum Gasteiger partial charge on any atom is 0.433 e. The van der Waals surface area contributed by atoms with E-state index in [-0.39, 0.29) is 18.0 Å². The first-order chi connectivity index (χ1) is 8.13. The zero-order valence-electron chi connectivity index (χ0n) is 9.54. The van der Waals surface area contributed by atoms with Gasteiger partial charge in [0.05, 0.1) is 24.8 Å². The summed E-state index contributed by atoms with van der Waals surface area (Å²) in [6.45, 7) is 1.71. The number of nitrogens with two attached hydrogens (primary N) is 1. The van der Waals surface area contributed by atoms with E-state index in [1.807, 2.05) is 11.9 Å². The molecular formula is C10H15N3O4. The lowest BCUT2D eigenvalue weighted by Gasteiger charge is -2.37. The lowest BCUT2D eigenvalue weighted by atomic mass is 10.1. The average molecular weight is 241 g/mol. The Labute approximate surface area is 98.3 Å². The minimum Gasteiger partial charge on any atom is -0.404 e. The second-order valence-electron chi connectivity index (χ2n) is 4.00. The van der Waals surface area contributed by atoms with Gasteiger partial charge < -0.3 is 14.9 Å². The zero-order chi connectivity index (χ0) is 12.4. The van der Waals surface area contributed by atoms with Gasteiger partial charge in [-0.3, -0.25) is 15.0 Å². The van der Waals surface area contributed by atoms with Gasteiger partial charge in [-0.05, 0) is 13.1 Å². The molecule has 1 aromatic rings. The van der Waals surface area contributed by atoms with Gasteiger partial charge in [0.15, 0.2) is 0 Å². The van der Waals surface area contributed by atoms with Crippen molar-refractivity contribution in [3.63, 3.8) is 0 Å². The first-order valence-corrected chi connectivity index (χ1v) is 5.39. The predicted octanol–water partition coefficient (Wildman–Crippen LogP) is 0.518. The number of nitro groups is 1. The summed E-state index contributed by atoms with van der Waals surface area (Å²) in [5.74, 6) is 0.268. The van der Waals surface area contributed by atoms with E-state index >= 15 is 0 Å². The molecule has 0 amide bonds. The van der Waals surface area contributed by atoms with E-state index in [9.17, 15) is 10.1 Å². The lowest BCUT2D eigenvalue weighted by Crippen LogP contribution is -2.46. The molecule has 1 fully saturated rings. The molecule has 0 aliphatic carbocycles. The van der Waals surface area contributed by atoms with Gasteiger partial charge >= 0.3 is 5.88 Å². The topological polar surface area (TPSA) is 94.8 Å². The summed E-state index contributed by atoms with van der Waals surface area (Å²) in [4.78, 5) is 12.1. The van der Waals surface area contributed by atoms with Gasteiger partial charge in [0, 0.05) is 13.1 Å². The van der Waals surface area contributed by atoms with Crippen LogP contribution in [0.5, 0.6) is 0 Å². The first kappa shape index (κ1) is 12.0. The Morgan fingerprint density at radius 1 is 1.65 bits per heavy atom. The van der Waals surface area contributed by atoms with Gasteiger partial charge in [0.25, 0.3) is 0 Å². The Morgan fingerprint density at radius 3 is 3.00 bits per heavy atom. The Balaban J connectivity index is 2.25. The summed E-state index contributed by atoms with van der Waals surface area (Å²) in [7, 11) is 1.92. The maximum atomic E-state index is 10.6. The fourth-order valence-electron chi connectivity index (χ4n) is 2.06. The molecule has 2 N–H and O–H groups in total. The highest BCUT2D eigenvalue weighted by molar-refractivity contribution is 5.21. The van der Waals surface area contributed by atoms with Crippen molar-refractivity contribution >= 4 is 5.88 Å². The first-order valence-electron chi connectivity index (χ1n) is 5.39. The maximum absolute atomic E-state index is 10.6. The predicted molar refractivity (Wildman–Crippen MR) is 59.5 cm³/mol. The summed E-state index contributed by atoms with van der Waals surface area (Å²) >= 11 is 0. The van der Waals surface area contributed by atoms with Gasteiger partial charge in [0.2, 0.25) is 0 Å². The number of nitrogens with zero attached hydrogens (tertiary/aromatic N) is 2. The number of likely N-dealkylation sites (N-methyl/N-ethyl adjacent to an activating group) is 1. The van der Waals surface area contributed by atoms with Crippen molar-refractivity contribution in [1.82, 2.24) is 4.90 Å². The molecule has 0 aromatic carbocycles. The standard InChI is InChI=1S/C10H15N3O4/c1-12-4-5-16-8(6-11)10(12)7-2-3-9(17-7)13(14)15/h2-3,8,10H,4-6,11H2,1H3. The van der Waals surface area contributed by atoms with E-state index in [1.54, 1.807) is 6.07 Å². The van der Waals surface area contributed by atoms with Crippen molar-refractivity contribution in [2.24, 2.45) is 5.73 Å². The molecule has 2 unspecified atom stereocenters. The highest BCUT2D eigenvalue weighted by Gasteiger charge is 2.33. The fraction of sp³-hybridized carbons (Fsp3) is 0.600. The number of morpholine rings is 1. The molecular weight excluding hydrogens is 226 g/mol. The second kappa shape index (κ2) is 4.82. The second-order valence-corrected chi connectivity index (χ2v) is 4.00. The quantitative estimate of drug-likeness (QED) is 0.612. The van der Waals surface area contributed by atoms with Crippen molar-refractivity contribution in [3.05, 3.63) is 28.0 Å². The zero-order valence-corrected chi connectivity index (χ0v) is 9.54. The molecule has 0 spiro atoms. The van der Waals surface area contributed by atoms with Crippen LogP contribution in [0.15, 0.2) is 16.5 Å². The van der Waals surface area contributed by atoms with Gasteiger partial charge in [-0.1, -0.05) is 0 Å². The Morgan fingerprint density at radius 2 is 2.41 bits per heavy atom. The van der Waals surface area contributed by atoms with E-state index in [1.165, 1.54) is 6.07 Å². The van der Waals surface area contributed by atoms with Crippen LogP contribution >= 0.6 is 0 Å². The number of ether oxygens (including phenoxy) is 1. The van der Waals surface area contributed by atoms with E-state index in [0.717, 1.165) is 6.54 Å². The summed E-state index contributed by atoms with van der Waals surface area (Å²) in [5.41, 5.74) is 5.63. The Hall–Kier alpha value is -1.44. The molecule has 17 heavy (non-hydrogen) atoms. The lowest BCUT2D eigenvalue weighted by molar-refractivity contribution is -0.402. The van der Waals surface area contributed by atoms with E-state index in [2.05, 4.69) is 0 Å². The van der Waals surface area contributed by atoms with Crippen LogP contribution in [-0.4, -0.2) is 42.7 Å².